The molecular weight excluding hydrogens is 260 g/mol. The second-order valence-corrected chi connectivity index (χ2v) is 4.59. The maximum atomic E-state index is 13.6. The highest BCUT2D eigenvalue weighted by molar-refractivity contribution is 5.21. The van der Waals surface area contributed by atoms with Gasteiger partial charge in [-0.15, -0.1) is 0 Å². The highest BCUT2D eigenvalue weighted by Crippen LogP contribution is 2.18. The molecule has 0 fully saturated rings. The summed E-state index contributed by atoms with van der Waals surface area (Å²) in [6.07, 6.45) is 0.515. The first-order chi connectivity index (χ1) is 9.70. The molecule has 0 spiro atoms. The van der Waals surface area contributed by atoms with Crippen molar-refractivity contribution in [3.05, 3.63) is 71.3 Å². The monoisotopic (exact) mass is 277 g/mol. The summed E-state index contributed by atoms with van der Waals surface area (Å²) in [6.45, 7) is 0.237. The van der Waals surface area contributed by atoms with E-state index in [4.69, 9.17) is 5.11 Å². The molecule has 0 bridgehead atoms. The summed E-state index contributed by atoms with van der Waals surface area (Å²) in [6, 6.07) is 12.9. The lowest BCUT2D eigenvalue weighted by Crippen LogP contribution is -2.22. The van der Waals surface area contributed by atoms with Gasteiger partial charge in [0.2, 0.25) is 0 Å². The van der Waals surface area contributed by atoms with E-state index in [-0.39, 0.29) is 24.8 Å². The van der Waals surface area contributed by atoms with E-state index in [1.165, 1.54) is 6.07 Å². The van der Waals surface area contributed by atoms with Gasteiger partial charge < -0.3 is 10.4 Å². The lowest BCUT2D eigenvalue weighted by atomic mass is 10.0. The van der Waals surface area contributed by atoms with E-state index in [0.29, 0.717) is 6.42 Å². The molecule has 2 nitrogen and oxygen atoms in total. The van der Waals surface area contributed by atoms with Crippen LogP contribution in [-0.2, 0) is 6.54 Å². The van der Waals surface area contributed by atoms with E-state index >= 15 is 0 Å². The van der Waals surface area contributed by atoms with Crippen LogP contribution >= 0.6 is 0 Å². The third kappa shape index (κ3) is 3.85. The molecule has 0 amide bonds. The lowest BCUT2D eigenvalue weighted by Gasteiger charge is -2.18. The average molecular weight is 277 g/mol. The van der Waals surface area contributed by atoms with Gasteiger partial charge in [-0.1, -0.05) is 30.3 Å². The van der Waals surface area contributed by atoms with E-state index in [2.05, 4.69) is 5.32 Å². The summed E-state index contributed by atoms with van der Waals surface area (Å²) in [5.74, 6) is -0.892. The number of nitrogens with one attached hydrogen (secondary N) is 1. The van der Waals surface area contributed by atoms with E-state index in [1.807, 2.05) is 30.3 Å². The molecule has 0 aromatic heterocycles. The molecule has 2 aromatic carbocycles. The zero-order valence-corrected chi connectivity index (χ0v) is 11.0. The van der Waals surface area contributed by atoms with E-state index in [9.17, 15) is 8.78 Å². The predicted octanol–water partition coefficient (Wildman–Crippen LogP) is 3.18. The van der Waals surface area contributed by atoms with Crippen molar-refractivity contribution < 1.29 is 13.9 Å². The van der Waals surface area contributed by atoms with Crippen molar-refractivity contribution in [3.8, 4) is 0 Å². The second-order valence-electron chi connectivity index (χ2n) is 4.59. The predicted molar refractivity (Wildman–Crippen MR) is 74.1 cm³/mol. The Morgan fingerprint density at radius 2 is 1.80 bits per heavy atom. The normalized spacial score (nSPS) is 12.3. The highest BCUT2D eigenvalue weighted by atomic mass is 19.1. The number of hydrogen-bond donors (Lipinski definition) is 2. The summed E-state index contributed by atoms with van der Waals surface area (Å²) < 4.78 is 26.7. The number of aliphatic hydroxyl groups is 1. The molecule has 20 heavy (non-hydrogen) atoms. The highest BCUT2D eigenvalue weighted by Gasteiger charge is 2.11. The number of rotatable bonds is 6. The summed E-state index contributed by atoms with van der Waals surface area (Å²) in [7, 11) is 0. The van der Waals surface area contributed by atoms with Crippen LogP contribution in [0.25, 0.3) is 0 Å². The van der Waals surface area contributed by atoms with Gasteiger partial charge in [0, 0.05) is 24.8 Å². The minimum Gasteiger partial charge on any atom is -0.396 e. The Bertz CT molecular complexity index is 545. The standard InChI is InChI=1S/C16H17F2NO/c17-14-6-7-15(18)13(10-14)11-19-16(8-9-20)12-4-2-1-3-5-12/h1-7,10,16,19-20H,8-9,11H2/t16-/m1/s1. The molecule has 0 heterocycles. The molecule has 0 aliphatic carbocycles. The number of aliphatic hydroxyl groups excluding tert-OH is 1. The number of halogens is 2. The van der Waals surface area contributed by atoms with Crippen molar-refractivity contribution in [2.75, 3.05) is 6.61 Å². The topological polar surface area (TPSA) is 32.3 Å². The van der Waals surface area contributed by atoms with Gasteiger partial charge in [0.05, 0.1) is 0 Å². The Hall–Kier alpha value is -1.78. The van der Waals surface area contributed by atoms with Crippen molar-refractivity contribution in [1.29, 1.82) is 0 Å². The Morgan fingerprint density at radius 1 is 1.05 bits per heavy atom. The molecule has 2 rings (SSSR count). The van der Waals surface area contributed by atoms with Crippen LogP contribution < -0.4 is 5.32 Å². The first kappa shape index (κ1) is 14.6. The van der Waals surface area contributed by atoms with Crippen LogP contribution in [0.3, 0.4) is 0 Å². The van der Waals surface area contributed by atoms with Gasteiger partial charge in [0.25, 0.3) is 0 Å². The van der Waals surface area contributed by atoms with Gasteiger partial charge >= 0.3 is 0 Å². The van der Waals surface area contributed by atoms with E-state index < -0.39 is 11.6 Å². The third-order valence-corrected chi connectivity index (χ3v) is 3.17. The van der Waals surface area contributed by atoms with Crippen LogP contribution in [0.5, 0.6) is 0 Å². The van der Waals surface area contributed by atoms with Gasteiger partial charge in [-0.05, 0) is 30.2 Å². The Kier molecular flexibility index (Phi) is 5.21. The van der Waals surface area contributed by atoms with Crippen molar-refractivity contribution in [1.82, 2.24) is 5.32 Å². The first-order valence-electron chi connectivity index (χ1n) is 6.54. The van der Waals surface area contributed by atoms with Gasteiger partial charge in [0.1, 0.15) is 11.6 Å². The van der Waals surface area contributed by atoms with Crippen LogP contribution in [0.4, 0.5) is 8.78 Å². The second kappa shape index (κ2) is 7.12. The zero-order valence-electron chi connectivity index (χ0n) is 11.0. The lowest BCUT2D eigenvalue weighted by molar-refractivity contribution is 0.265. The third-order valence-electron chi connectivity index (χ3n) is 3.17. The van der Waals surface area contributed by atoms with Gasteiger partial charge in [0.15, 0.2) is 0 Å². The Balaban J connectivity index is 2.07. The maximum Gasteiger partial charge on any atom is 0.127 e. The molecule has 2 N–H and O–H groups in total. The molecule has 0 unspecified atom stereocenters. The summed E-state index contributed by atoms with van der Waals surface area (Å²) in [4.78, 5) is 0. The Morgan fingerprint density at radius 3 is 2.50 bits per heavy atom. The first-order valence-corrected chi connectivity index (χ1v) is 6.54. The molecule has 0 radical (unpaired) electrons. The van der Waals surface area contributed by atoms with Crippen molar-refractivity contribution in [3.63, 3.8) is 0 Å². The molecule has 0 aliphatic heterocycles. The van der Waals surface area contributed by atoms with Gasteiger partial charge in [-0.25, -0.2) is 8.78 Å². The largest absolute Gasteiger partial charge is 0.396 e. The number of benzene rings is 2. The number of hydrogen-bond acceptors (Lipinski definition) is 2. The Labute approximate surface area is 117 Å². The van der Waals surface area contributed by atoms with Crippen LogP contribution in [-0.4, -0.2) is 11.7 Å². The van der Waals surface area contributed by atoms with Crippen LogP contribution in [0, 0.1) is 11.6 Å². The minimum absolute atomic E-state index is 0.0260. The van der Waals surface area contributed by atoms with Crippen LogP contribution in [0.2, 0.25) is 0 Å². The summed E-state index contributed by atoms with van der Waals surface area (Å²) >= 11 is 0. The van der Waals surface area contributed by atoms with Gasteiger partial charge in [-0.3, -0.25) is 0 Å². The zero-order chi connectivity index (χ0) is 14.4. The molecule has 1 atom stereocenters. The smallest absolute Gasteiger partial charge is 0.127 e. The molecule has 2 aromatic rings. The molecule has 0 saturated carbocycles. The molecule has 0 saturated heterocycles. The minimum atomic E-state index is -0.457. The molecule has 0 aliphatic rings. The molecular formula is C16H17F2NO. The quantitative estimate of drug-likeness (QED) is 0.850. The summed E-state index contributed by atoms with van der Waals surface area (Å²) in [5, 5.41) is 12.3. The van der Waals surface area contributed by atoms with Crippen molar-refractivity contribution in [2.24, 2.45) is 0 Å². The SMILES string of the molecule is OCC[C@@H](NCc1cc(F)ccc1F)c1ccccc1. The molecule has 4 heteroatoms. The van der Waals surface area contributed by atoms with Crippen LogP contribution in [0.15, 0.2) is 48.5 Å². The van der Waals surface area contributed by atoms with Crippen molar-refractivity contribution in [2.45, 2.75) is 19.0 Å². The van der Waals surface area contributed by atoms with Gasteiger partial charge in [-0.2, -0.15) is 0 Å². The fourth-order valence-corrected chi connectivity index (χ4v) is 2.11. The van der Waals surface area contributed by atoms with Crippen molar-refractivity contribution >= 4 is 0 Å². The fourth-order valence-electron chi connectivity index (χ4n) is 2.11. The van der Waals surface area contributed by atoms with Crippen LogP contribution in [0.1, 0.15) is 23.6 Å². The fraction of sp³-hybridized carbons (Fsp3) is 0.250. The summed E-state index contributed by atoms with van der Waals surface area (Å²) in [5.41, 5.74) is 1.29. The van der Waals surface area contributed by atoms with E-state index in [1.54, 1.807) is 0 Å². The molecule has 106 valence electrons. The van der Waals surface area contributed by atoms with E-state index in [0.717, 1.165) is 17.7 Å². The maximum absolute atomic E-state index is 13.6. The average Bonchev–Trinajstić information content (AvgIpc) is 2.47.